The van der Waals surface area contributed by atoms with Crippen molar-refractivity contribution in [3.05, 3.63) is 64.2 Å². The number of amides is 2. The summed E-state index contributed by atoms with van der Waals surface area (Å²) in [7, 11) is 0. The fourth-order valence-electron chi connectivity index (χ4n) is 2.47. The van der Waals surface area contributed by atoms with Crippen LogP contribution >= 0.6 is 11.8 Å². The Kier molecular flexibility index (Phi) is 4.35. The third-order valence-corrected chi connectivity index (χ3v) is 4.92. The Hall–Kier alpha value is -2.67. The SMILES string of the molecule is Cc1ccc(S[C@H]2CC(=O)N(c3ccc([N+](=O)[O-])cc3)C2=O)cc1. The van der Waals surface area contributed by atoms with Gasteiger partial charge in [-0.3, -0.25) is 19.7 Å². The minimum Gasteiger partial charge on any atom is -0.274 e. The van der Waals surface area contributed by atoms with Gasteiger partial charge in [0.25, 0.3) is 5.69 Å². The van der Waals surface area contributed by atoms with E-state index < -0.39 is 10.2 Å². The third kappa shape index (κ3) is 3.16. The van der Waals surface area contributed by atoms with Crippen molar-refractivity contribution in [2.45, 2.75) is 23.5 Å². The quantitative estimate of drug-likeness (QED) is 0.484. The monoisotopic (exact) mass is 342 g/mol. The van der Waals surface area contributed by atoms with Gasteiger partial charge in [0.15, 0.2) is 0 Å². The second-order valence-electron chi connectivity index (χ2n) is 5.46. The Morgan fingerprint density at radius 1 is 1.08 bits per heavy atom. The van der Waals surface area contributed by atoms with Crippen LogP contribution in [-0.4, -0.2) is 22.0 Å². The Labute approximate surface area is 142 Å². The van der Waals surface area contributed by atoms with Gasteiger partial charge in [-0.2, -0.15) is 0 Å². The summed E-state index contributed by atoms with van der Waals surface area (Å²) >= 11 is 1.36. The summed E-state index contributed by atoms with van der Waals surface area (Å²) in [4.78, 5) is 37.0. The van der Waals surface area contributed by atoms with Crippen LogP contribution in [0.3, 0.4) is 0 Å². The molecule has 0 unspecified atom stereocenters. The van der Waals surface area contributed by atoms with Gasteiger partial charge in [-0.05, 0) is 31.2 Å². The zero-order valence-corrected chi connectivity index (χ0v) is 13.7. The first-order chi connectivity index (χ1) is 11.5. The first kappa shape index (κ1) is 16.2. The molecule has 1 fully saturated rings. The van der Waals surface area contributed by atoms with Gasteiger partial charge >= 0.3 is 0 Å². The summed E-state index contributed by atoms with van der Waals surface area (Å²) in [5.41, 5.74) is 1.41. The molecule has 122 valence electrons. The molecule has 1 saturated heterocycles. The lowest BCUT2D eigenvalue weighted by molar-refractivity contribution is -0.384. The maximum Gasteiger partial charge on any atom is 0.269 e. The normalized spacial score (nSPS) is 17.4. The number of rotatable bonds is 4. The average Bonchev–Trinajstić information content (AvgIpc) is 2.83. The van der Waals surface area contributed by atoms with Gasteiger partial charge < -0.3 is 0 Å². The Bertz CT molecular complexity index is 802. The van der Waals surface area contributed by atoms with Crippen molar-refractivity contribution in [3.8, 4) is 0 Å². The number of hydrogen-bond acceptors (Lipinski definition) is 5. The molecule has 2 aromatic carbocycles. The van der Waals surface area contributed by atoms with Crippen molar-refractivity contribution in [2.24, 2.45) is 0 Å². The predicted molar refractivity (Wildman–Crippen MR) is 91.0 cm³/mol. The van der Waals surface area contributed by atoms with Crippen LogP contribution in [0.15, 0.2) is 53.4 Å². The molecule has 6 nitrogen and oxygen atoms in total. The molecule has 2 aromatic rings. The van der Waals surface area contributed by atoms with Crippen LogP contribution in [-0.2, 0) is 9.59 Å². The lowest BCUT2D eigenvalue weighted by Gasteiger charge is -2.14. The number of aryl methyl sites for hydroxylation is 1. The van der Waals surface area contributed by atoms with Crippen molar-refractivity contribution in [1.82, 2.24) is 0 Å². The highest BCUT2D eigenvalue weighted by Gasteiger charge is 2.40. The third-order valence-electron chi connectivity index (χ3n) is 3.72. The minimum absolute atomic E-state index is 0.0802. The topological polar surface area (TPSA) is 80.5 Å². The number of nitro groups is 1. The summed E-state index contributed by atoms with van der Waals surface area (Å²) in [5.74, 6) is -0.585. The number of carbonyl (C=O) groups is 2. The van der Waals surface area contributed by atoms with Crippen LogP contribution in [0.2, 0.25) is 0 Å². The Balaban J connectivity index is 1.78. The maximum absolute atomic E-state index is 12.6. The van der Waals surface area contributed by atoms with E-state index in [0.717, 1.165) is 15.4 Å². The molecule has 0 aliphatic carbocycles. The van der Waals surface area contributed by atoms with Crippen molar-refractivity contribution < 1.29 is 14.5 Å². The molecular weight excluding hydrogens is 328 g/mol. The van der Waals surface area contributed by atoms with E-state index >= 15 is 0 Å². The molecule has 0 saturated carbocycles. The number of non-ortho nitro benzene ring substituents is 1. The number of nitro benzene ring substituents is 1. The van der Waals surface area contributed by atoms with Gasteiger partial charge in [-0.15, -0.1) is 11.8 Å². The summed E-state index contributed by atoms with van der Waals surface area (Å²) in [6.07, 6.45) is 0.119. The largest absolute Gasteiger partial charge is 0.274 e. The summed E-state index contributed by atoms with van der Waals surface area (Å²) in [5, 5.41) is 10.2. The molecule has 0 aromatic heterocycles. The van der Waals surface area contributed by atoms with Gasteiger partial charge in [0.05, 0.1) is 15.9 Å². The van der Waals surface area contributed by atoms with Gasteiger partial charge in [-0.1, -0.05) is 17.7 Å². The van der Waals surface area contributed by atoms with E-state index in [-0.39, 0.29) is 23.9 Å². The molecule has 1 heterocycles. The van der Waals surface area contributed by atoms with E-state index in [1.165, 1.54) is 36.0 Å². The molecule has 1 aliphatic heterocycles. The van der Waals surface area contributed by atoms with Crippen LogP contribution in [0, 0.1) is 17.0 Å². The minimum atomic E-state index is -0.520. The molecule has 0 spiro atoms. The molecule has 1 aliphatic rings. The Morgan fingerprint density at radius 3 is 2.29 bits per heavy atom. The molecule has 0 bridgehead atoms. The van der Waals surface area contributed by atoms with Gasteiger partial charge in [-0.25, -0.2) is 4.90 Å². The number of imide groups is 1. The van der Waals surface area contributed by atoms with Crippen molar-refractivity contribution in [1.29, 1.82) is 0 Å². The molecule has 1 atom stereocenters. The fraction of sp³-hybridized carbons (Fsp3) is 0.176. The predicted octanol–water partition coefficient (Wildman–Crippen LogP) is 3.33. The highest BCUT2D eigenvalue weighted by molar-refractivity contribution is 8.00. The van der Waals surface area contributed by atoms with E-state index in [0.29, 0.717) is 5.69 Å². The molecule has 0 N–H and O–H groups in total. The number of carbonyl (C=O) groups excluding carboxylic acids is 2. The first-order valence-electron chi connectivity index (χ1n) is 7.30. The maximum atomic E-state index is 12.6. The number of benzene rings is 2. The second-order valence-corrected chi connectivity index (χ2v) is 6.74. The number of nitrogens with zero attached hydrogens (tertiary/aromatic N) is 2. The van der Waals surface area contributed by atoms with Gasteiger partial charge in [0.1, 0.15) is 0 Å². The molecule has 24 heavy (non-hydrogen) atoms. The van der Waals surface area contributed by atoms with Crippen LogP contribution < -0.4 is 4.90 Å². The van der Waals surface area contributed by atoms with Gasteiger partial charge in [0, 0.05) is 23.4 Å². The molecule has 0 radical (unpaired) electrons. The summed E-state index contributed by atoms with van der Waals surface area (Å²) in [6.45, 7) is 1.98. The average molecular weight is 342 g/mol. The summed E-state index contributed by atoms with van der Waals surface area (Å²) in [6, 6.07) is 13.2. The van der Waals surface area contributed by atoms with Crippen LogP contribution in [0.4, 0.5) is 11.4 Å². The van der Waals surface area contributed by atoms with Crippen molar-refractivity contribution in [2.75, 3.05) is 4.90 Å². The van der Waals surface area contributed by atoms with Crippen LogP contribution in [0.1, 0.15) is 12.0 Å². The fourth-order valence-corrected chi connectivity index (χ4v) is 3.53. The Morgan fingerprint density at radius 2 is 1.71 bits per heavy atom. The number of anilines is 1. The van der Waals surface area contributed by atoms with E-state index in [9.17, 15) is 19.7 Å². The molecular formula is C17H14N2O4S. The number of thioether (sulfide) groups is 1. The van der Waals surface area contributed by atoms with E-state index in [4.69, 9.17) is 0 Å². The van der Waals surface area contributed by atoms with E-state index in [1.54, 1.807) is 0 Å². The zero-order chi connectivity index (χ0) is 17.3. The smallest absolute Gasteiger partial charge is 0.269 e. The lowest BCUT2D eigenvalue weighted by Crippen LogP contribution is -2.31. The van der Waals surface area contributed by atoms with Crippen molar-refractivity contribution in [3.63, 3.8) is 0 Å². The first-order valence-corrected chi connectivity index (χ1v) is 8.18. The summed E-state index contributed by atoms with van der Waals surface area (Å²) < 4.78 is 0. The molecule has 2 amide bonds. The molecule has 7 heteroatoms. The van der Waals surface area contributed by atoms with Gasteiger partial charge in [0.2, 0.25) is 11.8 Å². The highest BCUT2D eigenvalue weighted by Crippen LogP contribution is 2.34. The zero-order valence-electron chi connectivity index (χ0n) is 12.8. The van der Waals surface area contributed by atoms with Crippen LogP contribution in [0.25, 0.3) is 0 Å². The highest BCUT2D eigenvalue weighted by atomic mass is 32.2. The van der Waals surface area contributed by atoms with Crippen LogP contribution in [0.5, 0.6) is 0 Å². The molecule has 3 rings (SSSR count). The standard InChI is InChI=1S/C17H14N2O4S/c1-11-2-8-14(9-3-11)24-15-10-16(20)18(17(15)21)12-4-6-13(7-5-12)19(22)23/h2-9,15H,10H2,1H3/t15-/m0/s1. The van der Waals surface area contributed by atoms with Crippen molar-refractivity contribution >= 4 is 35.0 Å². The lowest BCUT2D eigenvalue weighted by atomic mass is 10.2. The van der Waals surface area contributed by atoms with E-state index in [1.807, 2.05) is 31.2 Å². The second kappa shape index (κ2) is 6.45. The number of hydrogen-bond donors (Lipinski definition) is 0. The van der Waals surface area contributed by atoms with E-state index in [2.05, 4.69) is 0 Å².